The zero-order valence-corrected chi connectivity index (χ0v) is 20.5. The maximum Gasteiger partial charge on any atom is 0.273 e. The van der Waals surface area contributed by atoms with Crippen molar-refractivity contribution in [3.05, 3.63) is 81.8 Å². The summed E-state index contributed by atoms with van der Waals surface area (Å²) >= 11 is 1.41. The summed E-state index contributed by atoms with van der Waals surface area (Å²) in [5.74, 6) is 0.548. The van der Waals surface area contributed by atoms with Crippen molar-refractivity contribution in [1.82, 2.24) is 14.8 Å². The van der Waals surface area contributed by atoms with Gasteiger partial charge in [-0.2, -0.15) is 0 Å². The van der Waals surface area contributed by atoms with Crippen LogP contribution in [0.3, 0.4) is 0 Å². The molecule has 180 valence electrons. The molecule has 0 spiro atoms. The second-order valence-electron chi connectivity index (χ2n) is 8.77. The average Bonchev–Trinajstić information content (AvgIpc) is 3.35. The number of piperazine rings is 1. The summed E-state index contributed by atoms with van der Waals surface area (Å²) in [6, 6.07) is 16.0. The molecular formula is C27H28N4O3S. The van der Waals surface area contributed by atoms with E-state index in [1.165, 1.54) is 16.9 Å². The number of hydrogen-bond donors (Lipinski definition) is 0. The molecule has 7 nitrogen and oxygen atoms in total. The zero-order chi connectivity index (χ0) is 24.2. The van der Waals surface area contributed by atoms with E-state index in [4.69, 9.17) is 4.74 Å². The summed E-state index contributed by atoms with van der Waals surface area (Å²) in [5, 5.41) is 2.54. The molecule has 5 rings (SSSR count). The van der Waals surface area contributed by atoms with Crippen LogP contribution in [0, 0.1) is 6.92 Å². The first kappa shape index (κ1) is 23.3. The number of anilines is 1. The van der Waals surface area contributed by atoms with Crippen molar-refractivity contribution in [3.8, 4) is 5.75 Å². The van der Waals surface area contributed by atoms with Gasteiger partial charge in [-0.3, -0.25) is 19.4 Å². The Bertz CT molecular complexity index is 1230. The van der Waals surface area contributed by atoms with Crippen molar-refractivity contribution < 1.29 is 14.3 Å². The number of amides is 2. The van der Waals surface area contributed by atoms with E-state index in [0.29, 0.717) is 31.1 Å². The minimum atomic E-state index is -0.109. The number of carbonyl (C=O) groups excluding carboxylic acids is 2. The average molecular weight is 489 g/mol. The number of benzene rings is 2. The van der Waals surface area contributed by atoms with E-state index in [-0.39, 0.29) is 18.4 Å². The maximum absolute atomic E-state index is 13.0. The smallest absolute Gasteiger partial charge is 0.273 e. The summed E-state index contributed by atoms with van der Waals surface area (Å²) < 4.78 is 5.59. The molecule has 2 aromatic carbocycles. The van der Waals surface area contributed by atoms with Crippen LogP contribution in [0.2, 0.25) is 0 Å². The number of hydrogen-bond acceptors (Lipinski definition) is 6. The van der Waals surface area contributed by atoms with E-state index >= 15 is 0 Å². The number of ether oxygens (including phenoxy) is 1. The van der Waals surface area contributed by atoms with Crippen LogP contribution in [0.15, 0.2) is 60.0 Å². The molecular weight excluding hydrogens is 460 g/mol. The van der Waals surface area contributed by atoms with E-state index in [1.54, 1.807) is 10.3 Å². The van der Waals surface area contributed by atoms with Gasteiger partial charge in [0.2, 0.25) is 0 Å². The number of aromatic nitrogens is 1. The Balaban J connectivity index is 1.16. The van der Waals surface area contributed by atoms with E-state index in [2.05, 4.69) is 34.2 Å². The predicted octanol–water partition coefficient (Wildman–Crippen LogP) is 3.85. The highest BCUT2D eigenvalue weighted by Crippen LogP contribution is 2.34. The molecule has 3 aromatic rings. The SMILES string of the molecule is Cc1ccc2c(c1)OCC(=O)N2Cc1nc(C(=O)N2CCN(C/C=C/c3ccccc3)CC2)cs1. The van der Waals surface area contributed by atoms with Crippen LogP contribution in [-0.2, 0) is 11.3 Å². The summed E-state index contributed by atoms with van der Waals surface area (Å²) in [5.41, 5.74) is 3.46. The minimum absolute atomic E-state index is 0.0123. The van der Waals surface area contributed by atoms with E-state index in [0.717, 1.165) is 35.9 Å². The lowest BCUT2D eigenvalue weighted by molar-refractivity contribution is -0.121. The van der Waals surface area contributed by atoms with Gasteiger partial charge in [-0.1, -0.05) is 48.6 Å². The number of carbonyl (C=O) groups is 2. The number of fused-ring (bicyclic) bond motifs is 1. The zero-order valence-electron chi connectivity index (χ0n) is 19.7. The lowest BCUT2D eigenvalue weighted by Gasteiger charge is -2.33. The third-order valence-corrected chi connectivity index (χ3v) is 7.09. The Morgan fingerprint density at radius 3 is 2.71 bits per heavy atom. The number of nitrogens with zero attached hydrogens (tertiary/aromatic N) is 4. The molecule has 1 fully saturated rings. The largest absolute Gasteiger partial charge is 0.482 e. The Morgan fingerprint density at radius 2 is 1.91 bits per heavy atom. The Morgan fingerprint density at radius 1 is 1.11 bits per heavy atom. The van der Waals surface area contributed by atoms with Crippen molar-refractivity contribution >= 4 is 34.9 Å². The molecule has 3 heterocycles. The molecule has 2 amide bonds. The lowest BCUT2D eigenvalue weighted by atomic mass is 10.1. The third-order valence-electron chi connectivity index (χ3n) is 6.26. The second kappa shape index (κ2) is 10.4. The molecule has 8 heteroatoms. The van der Waals surface area contributed by atoms with E-state index in [1.807, 2.05) is 48.2 Å². The molecule has 0 aliphatic carbocycles. The normalized spacial score (nSPS) is 16.4. The Hall–Kier alpha value is -3.49. The molecule has 0 atom stereocenters. The number of aryl methyl sites for hydroxylation is 1. The number of rotatable bonds is 6. The van der Waals surface area contributed by atoms with Crippen molar-refractivity contribution in [3.63, 3.8) is 0 Å². The number of thiazole rings is 1. The van der Waals surface area contributed by atoms with Gasteiger partial charge < -0.3 is 9.64 Å². The fraction of sp³-hybridized carbons (Fsp3) is 0.296. The third kappa shape index (κ3) is 5.44. The topological polar surface area (TPSA) is 66.0 Å². The van der Waals surface area contributed by atoms with Gasteiger partial charge in [0.15, 0.2) is 6.61 Å². The lowest BCUT2D eigenvalue weighted by Crippen LogP contribution is -2.48. The Labute approximate surface area is 209 Å². The van der Waals surface area contributed by atoms with Crippen molar-refractivity contribution in [2.75, 3.05) is 44.2 Å². The first-order valence-electron chi connectivity index (χ1n) is 11.8. The molecule has 2 aliphatic heterocycles. The molecule has 2 aliphatic rings. The highest BCUT2D eigenvalue weighted by molar-refractivity contribution is 7.09. The summed E-state index contributed by atoms with van der Waals surface area (Å²) in [7, 11) is 0. The molecule has 0 N–H and O–H groups in total. The minimum Gasteiger partial charge on any atom is -0.482 e. The van der Waals surface area contributed by atoms with E-state index in [9.17, 15) is 9.59 Å². The van der Waals surface area contributed by atoms with Crippen molar-refractivity contribution in [2.45, 2.75) is 13.5 Å². The van der Waals surface area contributed by atoms with Crippen LogP contribution in [-0.4, -0.2) is 65.9 Å². The second-order valence-corrected chi connectivity index (χ2v) is 9.71. The van der Waals surface area contributed by atoms with Gasteiger partial charge in [-0.05, 0) is 30.2 Å². The van der Waals surface area contributed by atoms with Gasteiger partial charge in [0.25, 0.3) is 11.8 Å². The van der Waals surface area contributed by atoms with Crippen molar-refractivity contribution in [2.24, 2.45) is 0 Å². The highest BCUT2D eigenvalue weighted by atomic mass is 32.1. The van der Waals surface area contributed by atoms with Gasteiger partial charge in [-0.15, -0.1) is 11.3 Å². The first-order valence-corrected chi connectivity index (χ1v) is 12.7. The van der Waals surface area contributed by atoms with Gasteiger partial charge in [0.05, 0.1) is 12.2 Å². The molecule has 35 heavy (non-hydrogen) atoms. The van der Waals surface area contributed by atoms with Gasteiger partial charge >= 0.3 is 0 Å². The molecule has 0 unspecified atom stereocenters. The molecule has 0 radical (unpaired) electrons. The summed E-state index contributed by atoms with van der Waals surface area (Å²) in [6.07, 6.45) is 4.30. The molecule has 1 aromatic heterocycles. The summed E-state index contributed by atoms with van der Waals surface area (Å²) in [6.45, 7) is 6.23. The van der Waals surface area contributed by atoms with Crippen LogP contribution in [0.1, 0.15) is 26.6 Å². The van der Waals surface area contributed by atoms with Gasteiger partial charge in [-0.25, -0.2) is 4.98 Å². The molecule has 0 saturated carbocycles. The standard InChI is InChI=1S/C27H28N4O3S/c1-20-9-10-23-24(16-20)34-18-26(32)31(23)17-25-28-22(19-35-25)27(33)30-14-12-29(13-15-30)11-5-8-21-6-3-2-4-7-21/h2-10,16,19H,11-15,17-18H2,1H3/b8-5+. The van der Waals surface area contributed by atoms with Crippen LogP contribution >= 0.6 is 11.3 Å². The van der Waals surface area contributed by atoms with Gasteiger partial charge in [0, 0.05) is 38.1 Å². The highest BCUT2D eigenvalue weighted by Gasteiger charge is 2.28. The predicted molar refractivity (Wildman–Crippen MR) is 138 cm³/mol. The molecule has 0 bridgehead atoms. The monoisotopic (exact) mass is 488 g/mol. The first-order chi connectivity index (χ1) is 17.1. The van der Waals surface area contributed by atoms with Gasteiger partial charge in [0.1, 0.15) is 16.5 Å². The molecule has 1 saturated heterocycles. The quantitative estimate of drug-likeness (QED) is 0.527. The summed E-state index contributed by atoms with van der Waals surface area (Å²) in [4.78, 5) is 36.0. The fourth-order valence-electron chi connectivity index (χ4n) is 4.30. The van der Waals surface area contributed by atoms with Crippen LogP contribution < -0.4 is 9.64 Å². The van der Waals surface area contributed by atoms with Crippen LogP contribution in [0.5, 0.6) is 5.75 Å². The van der Waals surface area contributed by atoms with Crippen molar-refractivity contribution in [1.29, 1.82) is 0 Å². The fourth-order valence-corrected chi connectivity index (χ4v) is 5.06. The maximum atomic E-state index is 13.0. The van der Waals surface area contributed by atoms with Crippen LogP contribution in [0.4, 0.5) is 5.69 Å². The van der Waals surface area contributed by atoms with Crippen LogP contribution in [0.25, 0.3) is 6.08 Å². The van der Waals surface area contributed by atoms with E-state index < -0.39 is 0 Å². The Kier molecular flexibility index (Phi) is 6.92.